The summed E-state index contributed by atoms with van der Waals surface area (Å²) >= 11 is 12.4. The average molecular weight is 426 g/mol. The van der Waals surface area contributed by atoms with Crippen LogP contribution in [0.1, 0.15) is 18.4 Å². The van der Waals surface area contributed by atoms with Gasteiger partial charge in [-0.05, 0) is 26.8 Å². The van der Waals surface area contributed by atoms with E-state index in [1.54, 1.807) is 24.7 Å². The average Bonchev–Trinajstić information content (AvgIpc) is 3.14. The zero-order valence-corrected chi connectivity index (χ0v) is 17.0. The van der Waals surface area contributed by atoms with Crippen molar-refractivity contribution in [2.45, 2.75) is 26.9 Å². The van der Waals surface area contributed by atoms with Gasteiger partial charge in [0, 0.05) is 19.2 Å². The summed E-state index contributed by atoms with van der Waals surface area (Å²) in [5.41, 5.74) is 1.90. The first kappa shape index (κ1) is 20.0. The third-order valence-corrected chi connectivity index (χ3v) is 4.49. The first-order chi connectivity index (χ1) is 13.2. The van der Waals surface area contributed by atoms with Gasteiger partial charge >= 0.3 is 5.97 Å². The van der Waals surface area contributed by atoms with E-state index in [-0.39, 0.29) is 21.5 Å². The molecule has 0 amide bonds. The largest absolute Gasteiger partial charge is 0.479 e. The Morgan fingerprint density at radius 1 is 1.21 bits per heavy atom. The highest BCUT2D eigenvalue weighted by atomic mass is 35.5. The lowest BCUT2D eigenvalue weighted by Gasteiger charge is -2.15. The molecule has 10 heteroatoms. The van der Waals surface area contributed by atoms with Crippen LogP contribution in [-0.4, -0.2) is 32.1 Å². The summed E-state index contributed by atoms with van der Waals surface area (Å²) in [6.07, 6.45) is -1.10. The molecule has 2 heterocycles. The molecule has 28 heavy (non-hydrogen) atoms. The second kappa shape index (κ2) is 7.73. The zero-order chi connectivity index (χ0) is 20.6. The van der Waals surface area contributed by atoms with Gasteiger partial charge in [0.25, 0.3) is 0 Å². The maximum atomic E-state index is 11.1. The molecule has 1 aromatic carbocycles. The van der Waals surface area contributed by atoms with Crippen molar-refractivity contribution in [2.24, 2.45) is 7.05 Å². The lowest BCUT2D eigenvalue weighted by molar-refractivity contribution is -0.144. The fourth-order valence-electron chi connectivity index (χ4n) is 2.56. The Hall–Kier alpha value is -2.71. The summed E-state index contributed by atoms with van der Waals surface area (Å²) in [5, 5.41) is 17.8. The van der Waals surface area contributed by atoms with Crippen molar-refractivity contribution in [2.75, 3.05) is 0 Å². The number of aliphatic carboxylic acids is 1. The third-order valence-electron chi connectivity index (χ3n) is 3.90. The van der Waals surface area contributed by atoms with E-state index in [0.717, 1.165) is 0 Å². The molecule has 148 valence electrons. The van der Waals surface area contributed by atoms with Crippen LogP contribution in [0.2, 0.25) is 10.0 Å². The normalized spacial score (nSPS) is 12.1. The summed E-state index contributed by atoms with van der Waals surface area (Å²) in [4.78, 5) is 11.1. The van der Waals surface area contributed by atoms with Crippen LogP contribution in [0, 0.1) is 13.8 Å². The minimum Gasteiger partial charge on any atom is -0.479 e. The highest BCUT2D eigenvalue weighted by Gasteiger charge is 2.23. The lowest BCUT2D eigenvalue weighted by atomic mass is 10.2. The SMILES string of the molecule is Cc1cc(-c2c(C)nn(C)c2Oc2cc(O[C@@H](C)C(=O)O)c(Cl)cc2Cl)no1. The van der Waals surface area contributed by atoms with E-state index < -0.39 is 12.1 Å². The van der Waals surface area contributed by atoms with Crippen LogP contribution in [-0.2, 0) is 11.8 Å². The molecule has 1 N–H and O–H groups in total. The molecule has 8 nitrogen and oxygen atoms in total. The maximum Gasteiger partial charge on any atom is 0.344 e. The molecule has 3 rings (SSSR count). The number of aromatic nitrogens is 3. The van der Waals surface area contributed by atoms with Gasteiger partial charge in [-0.15, -0.1) is 0 Å². The Bertz CT molecular complexity index is 1040. The van der Waals surface area contributed by atoms with E-state index in [0.29, 0.717) is 28.6 Å². The lowest BCUT2D eigenvalue weighted by Crippen LogP contribution is -2.23. The predicted molar refractivity (Wildman–Crippen MR) is 102 cm³/mol. The summed E-state index contributed by atoms with van der Waals surface area (Å²) in [5.74, 6) is 0.260. The van der Waals surface area contributed by atoms with Gasteiger partial charge in [-0.2, -0.15) is 5.10 Å². The quantitative estimate of drug-likeness (QED) is 0.613. The monoisotopic (exact) mass is 425 g/mol. The first-order valence-electron chi connectivity index (χ1n) is 8.21. The topological polar surface area (TPSA) is 99.6 Å². The molecule has 2 aromatic heterocycles. The van der Waals surface area contributed by atoms with Gasteiger partial charge in [-0.25, -0.2) is 9.48 Å². The number of halogens is 2. The van der Waals surface area contributed by atoms with Gasteiger partial charge in [0.2, 0.25) is 5.88 Å². The van der Waals surface area contributed by atoms with Gasteiger partial charge in [-0.3, -0.25) is 0 Å². The van der Waals surface area contributed by atoms with E-state index in [4.69, 9.17) is 42.3 Å². The Labute approximate surface area is 170 Å². The van der Waals surface area contributed by atoms with Crippen LogP contribution in [0.5, 0.6) is 17.4 Å². The number of nitrogens with zero attached hydrogens (tertiary/aromatic N) is 3. The van der Waals surface area contributed by atoms with Gasteiger partial charge in [-0.1, -0.05) is 28.4 Å². The molecule has 0 saturated heterocycles. The molecule has 0 aliphatic heterocycles. The number of carboxylic acids is 1. The number of benzene rings is 1. The smallest absolute Gasteiger partial charge is 0.344 e. The molecular formula is C18H17Cl2N3O5. The van der Waals surface area contributed by atoms with Crippen LogP contribution >= 0.6 is 23.2 Å². The number of carboxylic acid groups (broad SMARTS) is 1. The molecule has 0 unspecified atom stereocenters. The van der Waals surface area contributed by atoms with E-state index in [2.05, 4.69) is 10.3 Å². The van der Waals surface area contributed by atoms with Crippen LogP contribution in [0.15, 0.2) is 22.7 Å². The summed E-state index contributed by atoms with van der Waals surface area (Å²) in [6, 6.07) is 4.62. The molecule has 1 atom stereocenters. The Morgan fingerprint density at radius 2 is 1.89 bits per heavy atom. The van der Waals surface area contributed by atoms with Crippen molar-refractivity contribution >= 4 is 29.2 Å². The van der Waals surface area contributed by atoms with Crippen molar-refractivity contribution in [3.05, 3.63) is 39.7 Å². The van der Waals surface area contributed by atoms with E-state index in [9.17, 15) is 4.79 Å². The molecule has 0 aliphatic carbocycles. The summed E-state index contributed by atoms with van der Waals surface area (Å²) in [6.45, 7) is 4.99. The second-order valence-corrected chi connectivity index (χ2v) is 6.94. The first-order valence-corrected chi connectivity index (χ1v) is 8.96. The fraction of sp³-hybridized carbons (Fsp3) is 0.278. The van der Waals surface area contributed by atoms with Crippen molar-refractivity contribution in [1.29, 1.82) is 0 Å². The number of hydrogen-bond donors (Lipinski definition) is 1. The molecule has 0 saturated carbocycles. The second-order valence-electron chi connectivity index (χ2n) is 6.13. The number of rotatable bonds is 6. The van der Waals surface area contributed by atoms with E-state index in [1.165, 1.54) is 19.1 Å². The van der Waals surface area contributed by atoms with Gasteiger partial charge in [0.05, 0.1) is 21.3 Å². The van der Waals surface area contributed by atoms with Crippen LogP contribution < -0.4 is 9.47 Å². The summed E-state index contributed by atoms with van der Waals surface area (Å²) < 4.78 is 18.1. The molecule has 0 fully saturated rings. The van der Waals surface area contributed by atoms with Crippen molar-refractivity contribution < 1.29 is 23.9 Å². The standard InChI is InChI=1S/C18H17Cl2N3O5/c1-8-5-13(22-28-8)16-9(2)21-23(4)17(16)27-15-7-14(11(19)6-12(15)20)26-10(3)18(24)25/h5-7,10H,1-4H3,(H,24,25)/t10-/m0/s1. The number of ether oxygens (including phenoxy) is 2. The van der Waals surface area contributed by atoms with E-state index >= 15 is 0 Å². The maximum absolute atomic E-state index is 11.1. The third kappa shape index (κ3) is 3.93. The Kier molecular flexibility index (Phi) is 5.53. The molecule has 0 radical (unpaired) electrons. The van der Waals surface area contributed by atoms with E-state index in [1.807, 2.05) is 6.92 Å². The van der Waals surface area contributed by atoms with Gasteiger partial charge in [0.15, 0.2) is 11.9 Å². The molecule has 0 spiro atoms. The zero-order valence-electron chi connectivity index (χ0n) is 15.5. The van der Waals surface area contributed by atoms with Crippen LogP contribution in [0.3, 0.4) is 0 Å². The van der Waals surface area contributed by atoms with Crippen molar-refractivity contribution in [3.8, 4) is 28.6 Å². The minimum absolute atomic E-state index is 0.133. The van der Waals surface area contributed by atoms with Gasteiger partial charge < -0.3 is 19.1 Å². The fourth-order valence-corrected chi connectivity index (χ4v) is 3.02. The van der Waals surface area contributed by atoms with Crippen molar-refractivity contribution in [3.63, 3.8) is 0 Å². The number of hydrogen-bond acceptors (Lipinski definition) is 6. The molecule has 0 aliphatic rings. The van der Waals surface area contributed by atoms with Gasteiger partial charge in [0.1, 0.15) is 17.2 Å². The summed E-state index contributed by atoms with van der Waals surface area (Å²) in [7, 11) is 1.71. The molecule has 0 bridgehead atoms. The number of carbonyl (C=O) groups is 1. The Balaban J connectivity index is 2.02. The highest BCUT2D eigenvalue weighted by molar-refractivity contribution is 6.36. The predicted octanol–water partition coefficient (Wildman–Crippen LogP) is 4.64. The van der Waals surface area contributed by atoms with Crippen LogP contribution in [0.4, 0.5) is 0 Å². The molecular weight excluding hydrogens is 409 g/mol. The molecule has 3 aromatic rings. The van der Waals surface area contributed by atoms with Crippen molar-refractivity contribution in [1.82, 2.24) is 14.9 Å². The minimum atomic E-state index is -1.13. The van der Waals surface area contributed by atoms with Crippen LogP contribution in [0.25, 0.3) is 11.3 Å². The number of aryl methyl sites for hydroxylation is 3. The highest BCUT2D eigenvalue weighted by Crippen LogP contribution is 2.41. The Morgan fingerprint density at radius 3 is 2.50 bits per heavy atom.